The summed E-state index contributed by atoms with van der Waals surface area (Å²) in [6, 6.07) is 12.7. The van der Waals surface area contributed by atoms with Crippen molar-refractivity contribution in [2.75, 3.05) is 44.2 Å². The van der Waals surface area contributed by atoms with E-state index in [-0.39, 0.29) is 6.61 Å². The molecule has 1 N–H and O–H groups in total. The number of hydrogen-bond donors (Lipinski definition) is 1. The summed E-state index contributed by atoms with van der Waals surface area (Å²) in [6.45, 7) is 5.11. The molecule has 3 rings (SSSR count). The van der Waals surface area contributed by atoms with Crippen LogP contribution < -0.4 is 4.90 Å². The largest absolute Gasteiger partial charge is 0.395 e. The molecule has 4 heteroatoms. The minimum atomic E-state index is 0.249. The Labute approximate surface area is 137 Å². The van der Waals surface area contributed by atoms with Crippen LogP contribution in [0.25, 0.3) is 12.2 Å². The topological polar surface area (TPSA) is 39.6 Å². The third-order valence-electron chi connectivity index (χ3n) is 4.22. The summed E-state index contributed by atoms with van der Waals surface area (Å²) < 4.78 is 0. The van der Waals surface area contributed by atoms with E-state index in [4.69, 9.17) is 5.11 Å². The molecule has 23 heavy (non-hydrogen) atoms. The molecule has 0 radical (unpaired) electrons. The van der Waals surface area contributed by atoms with E-state index in [1.54, 1.807) is 12.4 Å². The minimum Gasteiger partial charge on any atom is -0.395 e. The minimum absolute atomic E-state index is 0.249. The van der Waals surface area contributed by atoms with Gasteiger partial charge in [0.15, 0.2) is 0 Å². The van der Waals surface area contributed by atoms with E-state index >= 15 is 0 Å². The molecule has 1 aliphatic heterocycles. The van der Waals surface area contributed by atoms with Crippen molar-refractivity contribution in [3.8, 4) is 0 Å². The lowest BCUT2D eigenvalue weighted by atomic mass is 10.1. The first kappa shape index (κ1) is 15.7. The fourth-order valence-electron chi connectivity index (χ4n) is 2.83. The van der Waals surface area contributed by atoms with Crippen LogP contribution in [-0.4, -0.2) is 54.3 Å². The maximum absolute atomic E-state index is 9.00. The highest BCUT2D eigenvalue weighted by atomic mass is 16.3. The third kappa shape index (κ3) is 4.41. The van der Waals surface area contributed by atoms with E-state index in [1.807, 2.05) is 12.1 Å². The molecule has 1 aliphatic rings. The van der Waals surface area contributed by atoms with Gasteiger partial charge in [-0.3, -0.25) is 9.88 Å². The summed E-state index contributed by atoms with van der Waals surface area (Å²) in [5, 5.41) is 9.00. The molecule has 0 saturated carbocycles. The Balaban J connectivity index is 1.58. The molecule has 0 spiro atoms. The van der Waals surface area contributed by atoms with Gasteiger partial charge in [0.1, 0.15) is 0 Å². The van der Waals surface area contributed by atoms with Crippen LogP contribution in [0.3, 0.4) is 0 Å². The zero-order valence-electron chi connectivity index (χ0n) is 13.3. The molecule has 2 heterocycles. The van der Waals surface area contributed by atoms with Crippen LogP contribution in [0.5, 0.6) is 0 Å². The van der Waals surface area contributed by atoms with Gasteiger partial charge in [0.25, 0.3) is 0 Å². The van der Waals surface area contributed by atoms with Gasteiger partial charge in [0.05, 0.1) is 6.61 Å². The van der Waals surface area contributed by atoms with Crippen LogP contribution in [0.15, 0.2) is 48.8 Å². The second kappa shape index (κ2) is 7.90. The Kier molecular flexibility index (Phi) is 5.40. The molecule has 1 aromatic carbocycles. The highest BCUT2D eigenvalue weighted by Gasteiger charge is 2.16. The summed E-state index contributed by atoms with van der Waals surface area (Å²) in [5.74, 6) is 0. The molecule has 0 amide bonds. The molecule has 1 saturated heterocycles. The molecule has 1 aromatic heterocycles. The summed E-state index contributed by atoms with van der Waals surface area (Å²) in [6.07, 6.45) is 7.83. The number of anilines is 1. The van der Waals surface area contributed by atoms with Crippen molar-refractivity contribution < 1.29 is 5.11 Å². The fraction of sp³-hybridized carbons (Fsp3) is 0.316. The summed E-state index contributed by atoms with van der Waals surface area (Å²) in [4.78, 5) is 8.74. The zero-order valence-corrected chi connectivity index (χ0v) is 13.3. The zero-order chi connectivity index (χ0) is 15.9. The van der Waals surface area contributed by atoms with Crippen LogP contribution in [0, 0.1) is 0 Å². The van der Waals surface area contributed by atoms with Gasteiger partial charge in [-0.2, -0.15) is 0 Å². The normalized spacial score (nSPS) is 16.1. The van der Waals surface area contributed by atoms with Crippen LogP contribution >= 0.6 is 0 Å². The highest BCUT2D eigenvalue weighted by molar-refractivity contribution is 5.70. The van der Waals surface area contributed by atoms with Gasteiger partial charge in [0, 0.05) is 50.8 Å². The first-order valence-corrected chi connectivity index (χ1v) is 8.11. The Morgan fingerprint density at radius 3 is 2.09 bits per heavy atom. The van der Waals surface area contributed by atoms with Gasteiger partial charge in [0.2, 0.25) is 0 Å². The van der Waals surface area contributed by atoms with Crippen LogP contribution in [0.4, 0.5) is 5.69 Å². The SMILES string of the molecule is OCCN1CCN(c2ccc(C=Cc3ccncc3)cc2)CC1. The standard InChI is InChI=1S/C19H23N3O/c23-16-15-21-11-13-22(14-12-21)19-5-3-17(4-6-19)1-2-18-7-9-20-10-8-18/h1-10,23H,11-16H2. The smallest absolute Gasteiger partial charge is 0.0558 e. The maximum atomic E-state index is 9.00. The van der Waals surface area contributed by atoms with Crippen LogP contribution in [-0.2, 0) is 0 Å². The first-order chi connectivity index (χ1) is 11.3. The predicted octanol–water partition coefficient (Wildman–Crippen LogP) is 2.37. The van der Waals surface area contributed by atoms with Gasteiger partial charge < -0.3 is 10.0 Å². The lowest BCUT2D eigenvalue weighted by molar-refractivity contribution is 0.189. The van der Waals surface area contributed by atoms with Crippen LogP contribution in [0.1, 0.15) is 11.1 Å². The molecule has 0 unspecified atom stereocenters. The molecule has 4 nitrogen and oxygen atoms in total. The van der Waals surface area contributed by atoms with E-state index in [9.17, 15) is 0 Å². The number of aromatic nitrogens is 1. The lowest BCUT2D eigenvalue weighted by Crippen LogP contribution is -2.47. The predicted molar refractivity (Wildman–Crippen MR) is 95.3 cm³/mol. The van der Waals surface area contributed by atoms with Gasteiger partial charge in [-0.05, 0) is 35.4 Å². The Morgan fingerprint density at radius 1 is 0.870 bits per heavy atom. The number of hydrogen-bond acceptors (Lipinski definition) is 4. The number of aliphatic hydroxyl groups excluding tert-OH is 1. The van der Waals surface area contributed by atoms with Gasteiger partial charge in [-0.15, -0.1) is 0 Å². The number of piperazine rings is 1. The Hall–Kier alpha value is -2.17. The lowest BCUT2D eigenvalue weighted by Gasteiger charge is -2.35. The first-order valence-electron chi connectivity index (χ1n) is 8.11. The number of rotatable bonds is 5. The van der Waals surface area contributed by atoms with E-state index in [1.165, 1.54) is 11.3 Å². The van der Waals surface area contributed by atoms with Gasteiger partial charge in [-0.25, -0.2) is 0 Å². The van der Waals surface area contributed by atoms with Crippen molar-refractivity contribution in [1.29, 1.82) is 0 Å². The molecule has 1 fully saturated rings. The van der Waals surface area contributed by atoms with E-state index < -0.39 is 0 Å². The van der Waals surface area contributed by atoms with Crippen molar-refractivity contribution >= 4 is 17.8 Å². The van der Waals surface area contributed by atoms with Crippen molar-refractivity contribution in [1.82, 2.24) is 9.88 Å². The highest BCUT2D eigenvalue weighted by Crippen LogP contribution is 2.18. The van der Waals surface area contributed by atoms with Gasteiger partial charge >= 0.3 is 0 Å². The quantitative estimate of drug-likeness (QED) is 0.920. The summed E-state index contributed by atoms with van der Waals surface area (Å²) in [5.41, 5.74) is 3.63. The van der Waals surface area contributed by atoms with Crippen LogP contribution in [0.2, 0.25) is 0 Å². The molecule has 0 aliphatic carbocycles. The second-order valence-corrected chi connectivity index (χ2v) is 5.76. The molecule has 2 aromatic rings. The number of aliphatic hydroxyl groups is 1. The van der Waals surface area contributed by atoms with Gasteiger partial charge in [-0.1, -0.05) is 24.3 Å². The van der Waals surface area contributed by atoms with E-state index in [0.29, 0.717) is 0 Å². The number of β-amino-alcohol motifs (C(OH)–C–C–N with tert-alkyl or cyclic N) is 1. The molecule has 0 atom stereocenters. The van der Waals surface area contributed by atoms with Crippen molar-refractivity contribution in [2.24, 2.45) is 0 Å². The Bertz CT molecular complexity index is 617. The number of benzene rings is 1. The molecule has 120 valence electrons. The average Bonchev–Trinajstić information content (AvgIpc) is 2.62. The monoisotopic (exact) mass is 309 g/mol. The average molecular weight is 309 g/mol. The molecular formula is C19H23N3O. The Morgan fingerprint density at radius 2 is 1.48 bits per heavy atom. The fourth-order valence-corrected chi connectivity index (χ4v) is 2.83. The van der Waals surface area contributed by atoms with Crippen molar-refractivity contribution in [2.45, 2.75) is 0 Å². The van der Waals surface area contributed by atoms with Crippen molar-refractivity contribution in [3.63, 3.8) is 0 Å². The van der Waals surface area contributed by atoms with Crippen molar-refractivity contribution in [3.05, 3.63) is 59.9 Å². The molecular weight excluding hydrogens is 286 g/mol. The molecule has 0 bridgehead atoms. The van der Waals surface area contributed by atoms with E-state index in [2.05, 4.69) is 51.2 Å². The maximum Gasteiger partial charge on any atom is 0.0558 e. The number of nitrogens with zero attached hydrogens (tertiary/aromatic N) is 3. The summed E-state index contributed by atoms with van der Waals surface area (Å²) >= 11 is 0. The third-order valence-corrected chi connectivity index (χ3v) is 4.22. The second-order valence-electron chi connectivity index (χ2n) is 5.76. The summed E-state index contributed by atoms with van der Waals surface area (Å²) in [7, 11) is 0. The van der Waals surface area contributed by atoms with E-state index in [0.717, 1.165) is 38.3 Å². The number of pyridine rings is 1.